The van der Waals surface area contributed by atoms with Gasteiger partial charge in [-0.25, -0.2) is 14.6 Å². The lowest BCUT2D eigenvalue weighted by atomic mass is 10.0. The molecule has 1 aliphatic carbocycles. The van der Waals surface area contributed by atoms with E-state index in [1.807, 2.05) is 62.4 Å². The zero-order chi connectivity index (χ0) is 36.4. The molecule has 12 heteroatoms. The molecule has 1 aromatic heterocycles. The Morgan fingerprint density at radius 1 is 1.12 bits per heavy atom. The average molecular weight is 687 g/mol. The Morgan fingerprint density at radius 3 is 2.44 bits per heavy atom. The van der Waals surface area contributed by atoms with Gasteiger partial charge in [0, 0.05) is 35.4 Å². The van der Waals surface area contributed by atoms with Gasteiger partial charge in [0.05, 0.1) is 24.9 Å². The number of carbonyl (C=O) groups is 4. The number of nitrogens with one attached hydrogen (secondary N) is 2. The average Bonchev–Trinajstić information content (AvgIpc) is 3.62. The minimum Gasteiger partial charge on any atom is -0.497 e. The summed E-state index contributed by atoms with van der Waals surface area (Å²) in [5, 5.41) is 16.1. The standard InChI is InChI=1S/C38H46N4O8/c1-8-24-20-38(24,35(45)46)41-33(43)31-18-26(21-42(31)34(44)30(16-22(2)3)40-36(47)50-37(4,5)6)49-32-19-28(23-12-10-9-11-13-23)39-29-17-25(48-7)14-15-27(29)32/h8-15,17,19,22,24,26,30-31H,1,16,18,20-21H2,2-7H3,(H,40,47)(H,41,43)(H,45,46)/t24-,26-,30+,31+,38-/m1/s1. The first-order valence-electron chi connectivity index (χ1n) is 16.8. The topological polar surface area (TPSA) is 156 Å². The van der Waals surface area contributed by atoms with Gasteiger partial charge in [-0.15, -0.1) is 6.58 Å². The van der Waals surface area contributed by atoms with Crippen LogP contribution < -0.4 is 20.1 Å². The summed E-state index contributed by atoms with van der Waals surface area (Å²) < 4.78 is 17.5. The van der Waals surface area contributed by atoms with E-state index in [4.69, 9.17) is 19.2 Å². The van der Waals surface area contributed by atoms with Crippen molar-refractivity contribution >= 4 is 34.8 Å². The molecule has 0 bridgehead atoms. The summed E-state index contributed by atoms with van der Waals surface area (Å²) in [4.78, 5) is 59.6. The van der Waals surface area contributed by atoms with Crippen molar-refractivity contribution in [3.05, 3.63) is 67.3 Å². The van der Waals surface area contributed by atoms with E-state index in [0.29, 0.717) is 28.1 Å². The SMILES string of the molecule is C=C[C@@H]1C[C@]1(NC(=O)[C@@H]1C[C@@H](Oc2cc(-c3ccccc3)nc3cc(OC)ccc23)CN1C(=O)[C@H](CC(C)C)NC(=O)OC(C)(C)C)C(=O)O. The molecule has 1 saturated heterocycles. The molecule has 0 spiro atoms. The molecule has 0 unspecified atom stereocenters. The highest BCUT2D eigenvalue weighted by atomic mass is 16.6. The molecule has 2 heterocycles. The zero-order valence-electron chi connectivity index (χ0n) is 29.4. The minimum absolute atomic E-state index is 0.00693. The van der Waals surface area contributed by atoms with Gasteiger partial charge in [-0.05, 0) is 51.7 Å². The number of pyridine rings is 1. The Balaban J connectivity index is 1.49. The molecule has 3 aromatic rings. The van der Waals surface area contributed by atoms with Crippen molar-refractivity contribution in [1.82, 2.24) is 20.5 Å². The van der Waals surface area contributed by atoms with Crippen LogP contribution in [-0.4, -0.2) is 81.8 Å². The van der Waals surface area contributed by atoms with Crippen molar-refractivity contribution in [3.8, 4) is 22.8 Å². The quantitative estimate of drug-likeness (QED) is 0.214. The first-order chi connectivity index (χ1) is 23.6. The molecule has 12 nitrogen and oxygen atoms in total. The van der Waals surface area contributed by atoms with Gasteiger partial charge in [-0.2, -0.15) is 0 Å². The Labute approximate surface area is 292 Å². The van der Waals surface area contributed by atoms with Crippen LogP contribution in [0.15, 0.2) is 67.3 Å². The lowest BCUT2D eigenvalue weighted by Crippen LogP contribution is -2.56. The van der Waals surface area contributed by atoms with E-state index < -0.39 is 59.1 Å². The number of nitrogens with zero attached hydrogens (tertiary/aromatic N) is 2. The smallest absolute Gasteiger partial charge is 0.408 e. The van der Waals surface area contributed by atoms with Crippen LogP contribution in [0.3, 0.4) is 0 Å². The number of carboxylic acids is 1. The monoisotopic (exact) mass is 686 g/mol. The summed E-state index contributed by atoms with van der Waals surface area (Å²) in [5.41, 5.74) is -0.131. The van der Waals surface area contributed by atoms with Gasteiger partial charge >= 0.3 is 12.1 Å². The fraction of sp³-hybridized carbons (Fsp3) is 0.447. The molecule has 50 heavy (non-hydrogen) atoms. The van der Waals surface area contributed by atoms with Crippen molar-refractivity contribution in [1.29, 1.82) is 0 Å². The van der Waals surface area contributed by atoms with Crippen LogP contribution in [0.4, 0.5) is 4.79 Å². The second kappa shape index (κ2) is 14.4. The van der Waals surface area contributed by atoms with E-state index in [0.717, 1.165) is 5.56 Å². The summed E-state index contributed by atoms with van der Waals surface area (Å²) in [6.45, 7) is 12.7. The first kappa shape index (κ1) is 36.2. The van der Waals surface area contributed by atoms with Crippen molar-refractivity contribution < 1.29 is 38.5 Å². The molecule has 0 radical (unpaired) electrons. The van der Waals surface area contributed by atoms with Gasteiger partial charge in [0.1, 0.15) is 40.8 Å². The lowest BCUT2D eigenvalue weighted by molar-refractivity contribution is -0.145. The Bertz CT molecular complexity index is 1770. The number of fused-ring (bicyclic) bond motifs is 1. The highest BCUT2D eigenvalue weighted by Gasteiger charge is 2.61. The summed E-state index contributed by atoms with van der Waals surface area (Å²) in [5.74, 6) is -1.61. The van der Waals surface area contributed by atoms with Crippen LogP contribution in [0.2, 0.25) is 0 Å². The molecule has 3 amide bonds. The van der Waals surface area contributed by atoms with E-state index in [1.165, 1.54) is 11.0 Å². The molecule has 2 fully saturated rings. The van der Waals surface area contributed by atoms with E-state index in [2.05, 4.69) is 17.2 Å². The maximum Gasteiger partial charge on any atom is 0.408 e. The van der Waals surface area contributed by atoms with Crippen LogP contribution in [0.1, 0.15) is 53.9 Å². The molecular formula is C38H46N4O8. The largest absolute Gasteiger partial charge is 0.497 e. The number of alkyl carbamates (subject to hydrolysis) is 1. The van der Waals surface area contributed by atoms with Crippen molar-refractivity contribution in [3.63, 3.8) is 0 Å². The fourth-order valence-corrected chi connectivity index (χ4v) is 6.37. The zero-order valence-corrected chi connectivity index (χ0v) is 29.4. The van der Waals surface area contributed by atoms with E-state index in [9.17, 15) is 24.3 Å². The van der Waals surface area contributed by atoms with Gasteiger partial charge in [-0.1, -0.05) is 50.3 Å². The van der Waals surface area contributed by atoms with Crippen molar-refractivity contribution in [2.75, 3.05) is 13.7 Å². The number of amides is 3. The normalized spacial score (nSPS) is 22.1. The number of carbonyl (C=O) groups excluding carboxylic acids is 3. The Hall–Kier alpha value is -5.13. The highest BCUT2D eigenvalue weighted by Crippen LogP contribution is 2.45. The number of benzene rings is 2. The van der Waals surface area contributed by atoms with E-state index in [1.54, 1.807) is 33.9 Å². The Morgan fingerprint density at radius 2 is 1.84 bits per heavy atom. The van der Waals surface area contributed by atoms with Gasteiger partial charge in [-0.3, -0.25) is 9.59 Å². The highest BCUT2D eigenvalue weighted by molar-refractivity contribution is 5.96. The molecule has 1 saturated carbocycles. The molecule has 1 aliphatic heterocycles. The number of aromatic nitrogens is 1. The maximum atomic E-state index is 14.3. The number of hydrogen-bond acceptors (Lipinski definition) is 8. The third kappa shape index (κ3) is 8.01. The Kier molecular flexibility index (Phi) is 10.4. The second-order valence-corrected chi connectivity index (χ2v) is 14.4. The number of rotatable bonds is 12. The lowest BCUT2D eigenvalue weighted by Gasteiger charge is -2.30. The summed E-state index contributed by atoms with van der Waals surface area (Å²) in [6.07, 6.45) is 0.644. The van der Waals surface area contributed by atoms with Crippen LogP contribution in [-0.2, 0) is 19.1 Å². The summed E-state index contributed by atoms with van der Waals surface area (Å²) >= 11 is 0. The number of methoxy groups -OCH3 is 1. The first-order valence-corrected chi connectivity index (χ1v) is 16.8. The van der Waals surface area contributed by atoms with Crippen molar-refractivity contribution in [2.24, 2.45) is 11.8 Å². The van der Waals surface area contributed by atoms with Gasteiger partial charge < -0.3 is 34.9 Å². The van der Waals surface area contributed by atoms with Crippen molar-refractivity contribution in [2.45, 2.75) is 83.2 Å². The number of aliphatic carboxylic acids is 1. The molecule has 3 N–H and O–H groups in total. The minimum atomic E-state index is -1.50. The maximum absolute atomic E-state index is 14.3. The molecular weight excluding hydrogens is 640 g/mol. The van der Waals surface area contributed by atoms with E-state index in [-0.39, 0.29) is 31.7 Å². The summed E-state index contributed by atoms with van der Waals surface area (Å²) in [6, 6.07) is 14.8. The third-order valence-corrected chi connectivity index (χ3v) is 8.91. The van der Waals surface area contributed by atoms with Crippen LogP contribution in [0.25, 0.3) is 22.2 Å². The number of ether oxygens (including phenoxy) is 3. The van der Waals surface area contributed by atoms with Gasteiger partial charge in [0.25, 0.3) is 0 Å². The predicted molar refractivity (Wildman–Crippen MR) is 188 cm³/mol. The number of hydrogen-bond donors (Lipinski definition) is 3. The molecule has 5 atom stereocenters. The third-order valence-electron chi connectivity index (χ3n) is 8.91. The van der Waals surface area contributed by atoms with Crippen LogP contribution >= 0.6 is 0 Å². The van der Waals surface area contributed by atoms with Gasteiger partial charge in [0.2, 0.25) is 11.8 Å². The predicted octanol–water partition coefficient (Wildman–Crippen LogP) is 5.34. The molecule has 2 aromatic carbocycles. The molecule has 266 valence electrons. The number of carboxylic acid groups (broad SMARTS) is 1. The molecule has 2 aliphatic rings. The molecule has 5 rings (SSSR count). The second-order valence-electron chi connectivity index (χ2n) is 14.4. The number of likely N-dealkylation sites (tertiary alicyclic amines) is 1. The van der Waals surface area contributed by atoms with Crippen LogP contribution in [0, 0.1) is 11.8 Å². The fourth-order valence-electron chi connectivity index (χ4n) is 6.37. The van der Waals surface area contributed by atoms with Gasteiger partial charge in [0.15, 0.2) is 0 Å². The van der Waals surface area contributed by atoms with E-state index >= 15 is 0 Å². The van der Waals surface area contributed by atoms with Crippen LogP contribution in [0.5, 0.6) is 11.5 Å². The summed E-state index contributed by atoms with van der Waals surface area (Å²) in [7, 11) is 1.58.